The van der Waals surface area contributed by atoms with E-state index in [0.29, 0.717) is 16.7 Å². The van der Waals surface area contributed by atoms with Crippen LogP contribution in [0, 0.1) is 11.8 Å². The smallest absolute Gasteiger partial charge is 0.308 e. The average molecular weight is 366 g/mol. The summed E-state index contributed by atoms with van der Waals surface area (Å²) in [5.41, 5.74) is 0. The van der Waals surface area contributed by atoms with Gasteiger partial charge in [0.2, 0.25) is 0 Å². The van der Waals surface area contributed by atoms with Crippen LogP contribution in [-0.4, -0.2) is 37.0 Å². The van der Waals surface area contributed by atoms with Gasteiger partial charge in [-0.15, -0.1) is 11.3 Å². The van der Waals surface area contributed by atoms with Crippen molar-refractivity contribution in [1.29, 1.82) is 0 Å². The molecule has 0 aromatic carbocycles. The lowest BCUT2D eigenvalue weighted by Gasteiger charge is -2.34. The third-order valence-electron chi connectivity index (χ3n) is 4.78. The number of carbonyl (C=O) groups is 3. The molecule has 0 saturated heterocycles. The first-order valence-electron chi connectivity index (χ1n) is 8.74. The number of amides is 2. The van der Waals surface area contributed by atoms with Crippen molar-refractivity contribution in [2.75, 3.05) is 13.2 Å². The van der Waals surface area contributed by atoms with E-state index in [2.05, 4.69) is 24.5 Å². The first-order chi connectivity index (χ1) is 12.0. The Hall–Kier alpha value is -1.89. The topological polar surface area (TPSA) is 84.5 Å². The maximum absolute atomic E-state index is 11.9. The summed E-state index contributed by atoms with van der Waals surface area (Å²) in [7, 11) is 0. The largest absolute Gasteiger partial charge is 0.456 e. The average Bonchev–Trinajstić information content (AvgIpc) is 3.12. The fourth-order valence-corrected chi connectivity index (χ4v) is 3.67. The molecule has 7 heteroatoms. The zero-order valence-corrected chi connectivity index (χ0v) is 15.6. The molecule has 0 spiro atoms. The minimum atomic E-state index is -0.494. The molecule has 3 unspecified atom stereocenters. The van der Waals surface area contributed by atoms with Crippen LogP contribution in [0.2, 0.25) is 0 Å². The quantitative estimate of drug-likeness (QED) is 0.726. The lowest BCUT2D eigenvalue weighted by molar-refractivity contribution is -0.148. The highest BCUT2D eigenvalue weighted by Crippen LogP contribution is 2.29. The molecule has 0 bridgehead atoms. The Morgan fingerprint density at radius 3 is 2.80 bits per heavy atom. The van der Waals surface area contributed by atoms with E-state index >= 15 is 0 Å². The molecule has 0 radical (unpaired) electrons. The number of hydrogen-bond acceptors (Lipinski definition) is 5. The van der Waals surface area contributed by atoms with Crippen LogP contribution in [0.4, 0.5) is 0 Å². The van der Waals surface area contributed by atoms with Crippen LogP contribution in [0.25, 0.3) is 0 Å². The molecule has 3 atom stereocenters. The molecule has 2 amide bonds. The van der Waals surface area contributed by atoms with Crippen LogP contribution in [0.5, 0.6) is 0 Å². The van der Waals surface area contributed by atoms with Gasteiger partial charge in [0.25, 0.3) is 11.8 Å². The Balaban J connectivity index is 1.61. The van der Waals surface area contributed by atoms with Crippen LogP contribution in [0.15, 0.2) is 17.5 Å². The summed E-state index contributed by atoms with van der Waals surface area (Å²) >= 11 is 1.34. The number of rotatable bonds is 7. The SMILES string of the molecule is CC1CCCC(NC(=O)COC(=O)CCNC(=O)c2cccs2)C1C. The van der Waals surface area contributed by atoms with Gasteiger partial charge >= 0.3 is 5.97 Å². The fraction of sp³-hybridized carbons (Fsp3) is 0.611. The van der Waals surface area contributed by atoms with Crippen molar-refractivity contribution in [2.24, 2.45) is 11.8 Å². The summed E-state index contributed by atoms with van der Waals surface area (Å²) < 4.78 is 4.98. The number of nitrogens with one attached hydrogen (secondary N) is 2. The summed E-state index contributed by atoms with van der Waals surface area (Å²) in [4.78, 5) is 35.9. The van der Waals surface area contributed by atoms with Crippen molar-refractivity contribution in [3.63, 3.8) is 0 Å². The summed E-state index contributed by atoms with van der Waals surface area (Å²) in [6, 6.07) is 3.66. The highest BCUT2D eigenvalue weighted by molar-refractivity contribution is 7.12. The number of ether oxygens (including phenoxy) is 1. The molecule has 2 rings (SSSR count). The molecule has 25 heavy (non-hydrogen) atoms. The second-order valence-corrected chi connectivity index (χ2v) is 7.53. The molecule has 1 aliphatic rings. The maximum Gasteiger partial charge on any atom is 0.308 e. The number of hydrogen-bond donors (Lipinski definition) is 2. The van der Waals surface area contributed by atoms with E-state index in [1.54, 1.807) is 12.1 Å². The Kier molecular flexibility index (Phi) is 7.43. The van der Waals surface area contributed by atoms with E-state index in [1.165, 1.54) is 17.8 Å². The van der Waals surface area contributed by atoms with Crippen LogP contribution in [-0.2, 0) is 14.3 Å². The van der Waals surface area contributed by atoms with Gasteiger partial charge in [-0.2, -0.15) is 0 Å². The number of carbonyl (C=O) groups excluding carboxylic acids is 3. The molecule has 138 valence electrons. The van der Waals surface area contributed by atoms with Gasteiger partial charge in [-0.05, 0) is 29.7 Å². The van der Waals surface area contributed by atoms with Gasteiger partial charge in [-0.1, -0.05) is 32.8 Å². The molecule has 1 saturated carbocycles. The molecular formula is C18H26N2O4S. The van der Waals surface area contributed by atoms with Gasteiger partial charge in [-0.25, -0.2) is 0 Å². The number of esters is 1. The van der Waals surface area contributed by atoms with Gasteiger partial charge in [-0.3, -0.25) is 14.4 Å². The van der Waals surface area contributed by atoms with E-state index in [0.717, 1.165) is 12.8 Å². The Labute approximate surface area is 152 Å². The predicted octanol–water partition coefficient (Wildman–Crippen LogP) is 2.35. The normalized spacial score (nSPS) is 22.9. The summed E-state index contributed by atoms with van der Waals surface area (Å²) in [6.07, 6.45) is 3.32. The molecule has 1 aliphatic carbocycles. The lowest BCUT2D eigenvalue weighted by atomic mass is 9.78. The molecular weight excluding hydrogens is 340 g/mol. The summed E-state index contributed by atoms with van der Waals surface area (Å²) in [6.45, 7) is 4.27. The first-order valence-corrected chi connectivity index (χ1v) is 9.62. The van der Waals surface area contributed by atoms with Crippen molar-refractivity contribution in [3.05, 3.63) is 22.4 Å². The van der Waals surface area contributed by atoms with E-state index in [1.807, 2.05) is 5.38 Å². The third-order valence-corrected chi connectivity index (χ3v) is 5.65. The van der Waals surface area contributed by atoms with E-state index in [9.17, 15) is 14.4 Å². The van der Waals surface area contributed by atoms with E-state index in [-0.39, 0.29) is 37.4 Å². The zero-order valence-electron chi connectivity index (χ0n) is 14.7. The molecule has 6 nitrogen and oxygen atoms in total. The van der Waals surface area contributed by atoms with Gasteiger partial charge in [0.05, 0.1) is 11.3 Å². The van der Waals surface area contributed by atoms with Crippen LogP contribution >= 0.6 is 11.3 Å². The van der Waals surface area contributed by atoms with Crippen LogP contribution in [0.3, 0.4) is 0 Å². The minimum Gasteiger partial charge on any atom is -0.456 e. The fourth-order valence-electron chi connectivity index (χ4n) is 3.03. The first kappa shape index (κ1) is 19.4. The number of thiophene rings is 1. The molecule has 1 fully saturated rings. The minimum absolute atomic E-state index is 0.0429. The highest BCUT2D eigenvalue weighted by atomic mass is 32.1. The summed E-state index contributed by atoms with van der Waals surface area (Å²) in [5.74, 6) is 0.0592. The third kappa shape index (κ3) is 6.16. The van der Waals surface area contributed by atoms with Crippen molar-refractivity contribution in [1.82, 2.24) is 10.6 Å². The van der Waals surface area contributed by atoms with E-state index < -0.39 is 5.97 Å². The molecule has 1 heterocycles. The Bertz CT molecular complexity index is 588. The molecule has 2 N–H and O–H groups in total. The second kappa shape index (κ2) is 9.56. The van der Waals surface area contributed by atoms with Crippen molar-refractivity contribution >= 4 is 29.1 Å². The predicted molar refractivity (Wildman–Crippen MR) is 96.3 cm³/mol. The van der Waals surface area contributed by atoms with Gasteiger partial charge in [0.1, 0.15) is 0 Å². The summed E-state index contributed by atoms with van der Waals surface area (Å²) in [5, 5.41) is 7.43. The Morgan fingerprint density at radius 1 is 1.28 bits per heavy atom. The zero-order chi connectivity index (χ0) is 18.2. The van der Waals surface area contributed by atoms with Crippen molar-refractivity contribution < 1.29 is 19.1 Å². The monoisotopic (exact) mass is 366 g/mol. The molecule has 0 aliphatic heterocycles. The highest BCUT2D eigenvalue weighted by Gasteiger charge is 2.28. The van der Waals surface area contributed by atoms with Gasteiger partial charge in [0, 0.05) is 12.6 Å². The second-order valence-electron chi connectivity index (χ2n) is 6.59. The van der Waals surface area contributed by atoms with Crippen LogP contribution < -0.4 is 10.6 Å². The standard InChI is InChI=1S/C18H26N2O4S/c1-12-5-3-6-14(13(12)2)20-16(21)11-24-17(22)8-9-19-18(23)15-7-4-10-25-15/h4,7,10,12-14H,3,5-6,8-9,11H2,1-2H3,(H,19,23)(H,20,21). The van der Waals surface area contributed by atoms with E-state index in [4.69, 9.17) is 4.74 Å². The molecule has 1 aromatic heterocycles. The van der Waals surface area contributed by atoms with Gasteiger partial charge < -0.3 is 15.4 Å². The van der Waals surface area contributed by atoms with Crippen molar-refractivity contribution in [3.8, 4) is 0 Å². The maximum atomic E-state index is 11.9. The lowest BCUT2D eigenvalue weighted by Crippen LogP contribution is -2.45. The van der Waals surface area contributed by atoms with Crippen LogP contribution in [0.1, 0.15) is 49.2 Å². The Morgan fingerprint density at radius 2 is 2.08 bits per heavy atom. The molecule has 1 aromatic rings. The van der Waals surface area contributed by atoms with Crippen molar-refractivity contribution in [2.45, 2.75) is 45.6 Å². The van der Waals surface area contributed by atoms with Gasteiger partial charge in [0.15, 0.2) is 6.61 Å².